The second-order valence-corrected chi connectivity index (χ2v) is 15.0. The molecule has 9 rings (SSSR count). The predicted molar refractivity (Wildman–Crippen MR) is 212 cm³/mol. The summed E-state index contributed by atoms with van der Waals surface area (Å²) in [6.45, 7) is 7.03. The predicted octanol–water partition coefficient (Wildman–Crippen LogP) is 13.4. The Morgan fingerprint density at radius 1 is 0.653 bits per heavy atom. The Kier molecular flexibility index (Phi) is 7.07. The van der Waals surface area contributed by atoms with E-state index in [4.69, 9.17) is 0 Å². The van der Waals surface area contributed by atoms with Gasteiger partial charge in [-0.15, -0.1) is 11.3 Å². The molecule has 0 amide bonds. The molecule has 1 N–H and O–H groups in total. The first kappa shape index (κ1) is 29.7. The van der Waals surface area contributed by atoms with Gasteiger partial charge >= 0.3 is 0 Å². The second kappa shape index (κ2) is 11.6. The van der Waals surface area contributed by atoms with E-state index in [9.17, 15) is 0 Å². The zero-order valence-corrected chi connectivity index (χ0v) is 28.9. The first-order valence-electron chi connectivity index (χ1n) is 17.3. The van der Waals surface area contributed by atoms with Crippen LogP contribution in [0.25, 0.3) is 42.4 Å². The number of thiophene rings is 1. The minimum Gasteiger partial charge on any atom is -0.354 e. The lowest BCUT2D eigenvalue weighted by Crippen LogP contribution is -2.32. The van der Waals surface area contributed by atoms with E-state index in [2.05, 4.69) is 183 Å². The fraction of sp³-hybridized carbons (Fsp3) is 0.130. The van der Waals surface area contributed by atoms with Crippen molar-refractivity contribution in [2.24, 2.45) is 5.92 Å². The number of hydrogen-bond acceptors (Lipinski definition) is 3. The molecule has 238 valence electrons. The molecule has 0 saturated carbocycles. The maximum Gasteiger partial charge on any atom is 0.0590 e. The number of hydrogen-bond donors (Lipinski definition) is 1. The van der Waals surface area contributed by atoms with Crippen molar-refractivity contribution in [2.45, 2.75) is 32.6 Å². The number of allylic oxidation sites excluding steroid dienone is 3. The van der Waals surface area contributed by atoms with Gasteiger partial charge in [-0.3, -0.25) is 0 Å². The van der Waals surface area contributed by atoms with Gasteiger partial charge in [-0.1, -0.05) is 124 Å². The molecule has 1 unspecified atom stereocenters. The van der Waals surface area contributed by atoms with Crippen molar-refractivity contribution >= 4 is 54.3 Å². The van der Waals surface area contributed by atoms with Crippen molar-refractivity contribution in [1.82, 2.24) is 0 Å². The Morgan fingerprint density at radius 3 is 2.24 bits per heavy atom. The van der Waals surface area contributed by atoms with Gasteiger partial charge in [0.15, 0.2) is 0 Å². The van der Waals surface area contributed by atoms with Crippen molar-refractivity contribution < 1.29 is 0 Å². The molecular formula is C46H38N2S. The highest BCUT2D eigenvalue weighted by atomic mass is 32.1. The Bertz CT molecular complexity index is 2450. The first-order valence-corrected chi connectivity index (χ1v) is 18.1. The fourth-order valence-electron chi connectivity index (χ4n) is 7.72. The summed E-state index contributed by atoms with van der Waals surface area (Å²) >= 11 is 1.85. The largest absolute Gasteiger partial charge is 0.354 e. The third-order valence-corrected chi connectivity index (χ3v) is 11.6. The molecule has 1 aliphatic heterocycles. The quantitative estimate of drug-likeness (QED) is 0.199. The summed E-state index contributed by atoms with van der Waals surface area (Å²) < 4.78 is 2.60. The van der Waals surface area contributed by atoms with Crippen molar-refractivity contribution in [2.75, 3.05) is 10.2 Å². The van der Waals surface area contributed by atoms with Gasteiger partial charge in [0, 0.05) is 37.8 Å². The van der Waals surface area contributed by atoms with Crippen LogP contribution >= 0.6 is 11.3 Å². The standard InChI is InChI=1S/C46H38N2S/c1-30-20-24-34(25-21-30)48-42-18-9-8-16-38(42)46(2,3)39-29-33(23-27-43(39)48)32-22-26-40(37(28-32)31-12-5-4-6-13-31)47-41-17-11-15-36-35-14-7-10-19-44(35)49-45(36)41/h4-20,22-30,47H,21H2,1-3H3. The summed E-state index contributed by atoms with van der Waals surface area (Å²) in [5, 5.41) is 6.47. The summed E-state index contributed by atoms with van der Waals surface area (Å²) in [4.78, 5) is 2.47. The maximum atomic E-state index is 3.86. The average Bonchev–Trinajstić information content (AvgIpc) is 3.53. The molecular weight excluding hydrogens is 613 g/mol. The Labute approximate surface area is 292 Å². The first-order chi connectivity index (χ1) is 24.0. The molecule has 2 heterocycles. The topological polar surface area (TPSA) is 15.3 Å². The van der Waals surface area contributed by atoms with Gasteiger partial charge in [0.1, 0.15) is 0 Å². The van der Waals surface area contributed by atoms with Crippen LogP contribution in [0.4, 0.5) is 22.7 Å². The average molecular weight is 651 g/mol. The van der Waals surface area contributed by atoms with E-state index in [1.54, 1.807) is 0 Å². The van der Waals surface area contributed by atoms with Gasteiger partial charge in [0.05, 0.1) is 21.8 Å². The smallest absolute Gasteiger partial charge is 0.0590 e. The van der Waals surface area contributed by atoms with E-state index in [0.29, 0.717) is 5.92 Å². The van der Waals surface area contributed by atoms with Crippen LogP contribution in [0, 0.1) is 5.92 Å². The normalized spacial score (nSPS) is 16.3. The summed E-state index contributed by atoms with van der Waals surface area (Å²) in [5.41, 5.74) is 13.4. The van der Waals surface area contributed by atoms with Crippen LogP contribution in [0.5, 0.6) is 0 Å². The lowest BCUT2D eigenvalue weighted by molar-refractivity contribution is 0.629. The second-order valence-electron chi connectivity index (χ2n) is 13.9. The van der Waals surface area contributed by atoms with E-state index >= 15 is 0 Å². The summed E-state index contributed by atoms with van der Waals surface area (Å²) in [7, 11) is 0. The monoisotopic (exact) mass is 650 g/mol. The SMILES string of the molecule is CC1C=CC(N2c3ccccc3C(C)(C)c3cc(-c4ccc(Nc5cccc6c5sc5ccccc56)c(-c5ccccc5)c4)ccc32)=CC1. The molecule has 1 atom stereocenters. The molecule has 2 aliphatic rings. The van der Waals surface area contributed by atoms with Crippen LogP contribution in [-0.2, 0) is 5.41 Å². The number of rotatable bonds is 5. The fourth-order valence-corrected chi connectivity index (χ4v) is 8.89. The number of nitrogens with one attached hydrogen (secondary N) is 1. The third-order valence-electron chi connectivity index (χ3n) is 10.4. The highest BCUT2D eigenvalue weighted by Gasteiger charge is 2.37. The number of benzene rings is 6. The van der Waals surface area contributed by atoms with Gasteiger partial charge in [-0.25, -0.2) is 0 Å². The van der Waals surface area contributed by atoms with Crippen molar-refractivity contribution in [3.63, 3.8) is 0 Å². The van der Waals surface area contributed by atoms with Gasteiger partial charge < -0.3 is 10.2 Å². The molecule has 0 saturated heterocycles. The van der Waals surface area contributed by atoms with Crippen LogP contribution in [0.3, 0.4) is 0 Å². The molecule has 0 spiro atoms. The Morgan fingerprint density at radius 2 is 1.39 bits per heavy atom. The molecule has 49 heavy (non-hydrogen) atoms. The zero-order chi connectivity index (χ0) is 33.1. The summed E-state index contributed by atoms with van der Waals surface area (Å²) in [5.74, 6) is 0.566. The highest BCUT2D eigenvalue weighted by Crippen LogP contribution is 2.52. The molecule has 2 nitrogen and oxygen atoms in total. The van der Waals surface area contributed by atoms with Crippen LogP contribution in [-0.4, -0.2) is 0 Å². The minimum absolute atomic E-state index is 0.155. The van der Waals surface area contributed by atoms with E-state index in [-0.39, 0.29) is 5.41 Å². The van der Waals surface area contributed by atoms with Crippen LogP contribution < -0.4 is 10.2 Å². The van der Waals surface area contributed by atoms with Crippen LogP contribution in [0.15, 0.2) is 157 Å². The van der Waals surface area contributed by atoms with Crippen LogP contribution in [0.2, 0.25) is 0 Å². The number of anilines is 4. The van der Waals surface area contributed by atoms with Crippen molar-refractivity contribution in [1.29, 1.82) is 0 Å². The van der Waals surface area contributed by atoms with E-state index in [1.165, 1.54) is 70.6 Å². The molecule has 6 aromatic carbocycles. The number of para-hydroxylation sites is 1. The number of fused-ring (bicyclic) bond motifs is 5. The maximum absolute atomic E-state index is 3.86. The Hall–Kier alpha value is -5.38. The van der Waals surface area contributed by atoms with Gasteiger partial charge in [-0.2, -0.15) is 0 Å². The van der Waals surface area contributed by atoms with E-state index in [0.717, 1.165) is 17.8 Å². The molecule has 7 aromatic rings. The van der Waals surface area contributed by atoms with Gasteiger partial charge in [0.2, 0.25) is 0 Å². The molecule has 0 bridgehead atoms. The minimum atomic E-state index is -0.155. The Balaban J connectivity index is 1.16. The van der Waals surface area contributed by atoms with Gasteiger partial charge in [0.25, 0.3) is 0 Å². The van der Waals surface area contributed by atoms with Gasteiger partial charge in [-0.05, 0) is 88.7 Å². The molecule has 1 aromatic heterocycles. The number of nitrogens with zero attached hydrogens (tertiary/aromatic N) is 1. The van der Waals surface area contributed by atoms with E-state index in [1.807, 2.05) is 11.3 Å². The lowest BCUT2D eigenvalue weighted by atomic mass is 9.72. The third kappa shape index (κ3) is 5.00. The summed E-state index contributed by atoms with van der Waals surface area (Å²) in [6.07, 6.45) is 8.10. The molecule has 3 heteroatoms. The van der Waals surface area contributed by atoms with Crippen LogP contribution in [0.1, 0.15) is 38.3 Å². The molecule has 0 radical (unpaired) electrons. The zero-order valence-electron chi connectivity index (χ0n) is 28.1. The lowest BCUT2D eigenvalue weighted by Gasteiger charge is -2.43. The highest BCUT2D eigenvalue weighted by molar-refractivity contribution is 7.26. The van der Waals surface area contributed by atoms with Crippen molar-refractivity contribution in [3.8, 4) is 22.3 Å². The molecule has 0 fully saturated rings. The summed E-state index contributed by atoms with van der Waals surface area (Å²) in [6, 6.07) is 49.0. The molecule has 1 aliphatic carbocycles. The van der Waals surface area contributed by atoms with E-state index < -0.39 is 0 Å². The van der Waals surface area contributed by atoms with Crippen molar-refractivity contribution in [3.05, 3.63) is 169 Å².